The van der Waals surface area contributed by atoms with E-state index in [2.05, 4.69) is 19.7 Å². The first kappa shape index (κ1) is 11.6. The monoisotopic (exact) mass is 277 g/mol. The number of halogens is 2. The zero-order valence-electron chi connectivity index (χ0n) is 8.66. The average molecular weight is 278 g/mol. The minimum absolute atomic E-state index is 0.371. The molecule has 2 rings (SSSR count). The van der Waals surface area contributed by atoms with Gasteiger partial charge in [0.15, 0.2) is 5.15 Å². The van der Waals surface area contributed by atoms with Crippen molar-refractivity contribution in [3.63, 3.8) is 0 Å². The number of rotatable bonds is 3. The second-order valence-electron chi connectivity index (χ2n) is 3.18. The highest BCUT2D eigenvalue weighted by atomic mass is 35.5. The van der Waals surface area contributed by atoms with Crippen LogP contribution in [0.5, 0.6) is 0 Å². The van der Waals surface area contributed by atoms with Crippen LogP contribution in [-0.2, 0) is 13.6 Å². The number of nitrogens with zero attached hydrogens (tertiary/aromatic N) is 4. The smallest absolute Gasteiger partial charge is 0.204 e. The second-order valence-corrected chi connectivity index (χ2v) is 4.63. The van der Waals surface area contributed by atoms with Gasteiger partial charge in [-0.2, -0.15) is 4.37 Å². The lowest BCUT2D eigenvalue weighted by molar-refractivity contribution is 0.838. The van der Waals surface area contributed by atoms with Crippen LogP contribution in [0.3, 0.4) is 0 Å². The molecule has 0 aliphatic heterocycles. The third kappa shape index (κ3) is 2.28. The number of anilines is 1. The summed E-state index contributed by atoms with van der Waals surface area (Å²) >= 11 is 13.1. The zero-order chi connectivity index (χ0) is 11.7. The number of hydrogen-bond donors (Lipinski definition) is 1. The van der Waals surface area contributed by atoms with Crippen molar-refractivity contribution in [2.45, 2.75) is 13.5 Å². The molecule has 0 amide bonds. The normalized spacial score (nSPS) is 10.8. The van der Waals surface area contributed by atoms with E-state index in [4.69, 9.17) is 23.2 Å². The van der Waals surface area contributed by atoms with Crippen molar-refractivity contribution in [3.8, 4) is 0 Å². The molecule has 0 fully saturated rings. The van der Waals surface area contributed by atoms with Gasteiger partial charge in [-0.1, -0.05) is 11.6 Å². The van der Waals surface area contributed by atoms with E-state index < -0.39 is 0 Å². The molecule has 0 saturated carbocycles. The van der Waals surface area contributed by atoms with E-state index in [1.807, 2.05) is 14.0 Å². The fraction of sp³-hybridized carbons (Fsp3) is 0.375. The Labute approximate surface area is 107 Å². The summed E-state index contributed by atoms with van der Waals surface area (Å²) in [6.07, 6.45) is 0. The maximum atomic E-state index is 5.93. The first-order valence-corrected chi connectivity index (χ1v) is 6.01. The standard InChI is InChI=1S/C8H9Cl2N5S/c1-4-12-8(16-14-4)11-3-5-6(9)13-7(10)15(5)2/h3H2,1-2H3,(H,11,12,14). The molecule has 0 saturated heterocycles. The van der Waals surface area contributed by atoms with E-state index >= 15 is 0 Å². The number of nitrogens with one attached hydrogen (secondary N) is 1. The number of aryl methyl sites for hydroxylation is 1. The van der Waals surface area contributed by atoms with Crippen LogP contribution < -0.4 is 5.32 Å². The molecule has 0 bridgehead atoms. The van der Waals surface area contributed by atoms with Gasteiger partial charge in [-0.15, -0.1) is 0 Å². The predicted molar refractivity (Wildman–Crippen MR) is 65.2 cm³/mol. The third-order valence-electron chi connectivity index (χ3n) is 2.04. The Bertz CT molecular complexity index is 506. The molecule has 1 N–H and O–H groups in total. The van der Waals surface area contributed by atoms with Crippen LogP contribution in [0.15, 0.2) is 0 Å². The van der Waals surface area contributed by atoms with Gasteiger partial charge < -0.3 is 9.88 Å². The van der Waals surface area contributed by atoms with E-state index in [1.54, 1.807) is 4.57 Å². The van der Waals surface area contributed by atoms with Crippen molar-refractivity contribution in [3.05, 3.63) is 22.0 Å². The van der Waals surface area contributed by atoms with Crippen LogP contribution in [0.2, 0.25) is 10.4 Å². The van der Waals surface area contributed by atoms with E-state index in [1.165, 1.54) is 11.5 Å². The lowest BCUT2D eigenvalue weighted by Crippen LogP contribution is -2.04. The Kier molecular flexibility index (Phi) is 3.32. The van der Waals surface area contributed by atoms with Gasteiger partial charge in [0.2, 0.25) is 10.4 Å². The topological polar surface area (TPSA) is 55.6 Å². The Morgan fingerprint density at radius 1 is 1.38 bits per heavy atom. The molecule has 0 spiro atoms. The number of aromatic nitrogens is 4. The molecular weight excluding hydrogens is 269 g/mol. The molecule has 0 radical (unpaired) electrons. The van der Waals surface area contributed by atoms with Crippen molar-refractivity contribution < 1.29 is 0 Å². The first-order valence-electron chi connectivity index (χ1n) is 4.48. The highest BCUT2D eigenvalue weighted by molar-refractivity contribution is 7.09. The lowest BCUT2D eigenvalue weighted by Gasteiger charge is -2.03. The van der Waals surface area contributed by atoms with Crippen molar-refractivity contribution in [1.82, 2.24) is 18.9 Å². The van der Waals surface area contributed by atoms with Gasteiger partial charge in [0.25, 0.3) is 0 Å². The van der Waals surface area contributed by atoms with Crippen LogP contribution in [0.25, 0.3) is 0 Å². The van der Waals surface area contributed by atoms with Gasteiger partial charge in [0.05, 0.1) is 12.2 Å². The van der Waals surface area contributed by atoms with E-state index in [9.17, 15) is 0 Å². The highest BCUT2D eigenvalue weighted by Gasteiger charge is 2.11. The molecule has 0 unspecified atom stereocenters. The molecule has 0 aliphatic carbocycles. The Hall–Kier alpha value is -0.850. The van der Waals surface area contributed by atoms with E-state index in [0.717, 1.165) is 16.6 Å². The molecule has 86 valence electrons. The number of hydrogen-bond acceptors (Lipinski definition) is 5. The zero-order valence-corrected chi connectivity index (χ0v) is 11.0. The summed E-state index contributed by atoms with van der Waals surface area (Å²) in [6.45, 7) is 2.36. The predicted octanol–water partition coefficient (Wildman–Crippen LogP) is 2.50. The fourth-order valence-electron chi connectivity index (χ4n) is 1.19. The molecule has 2 aromatic rings. The number of imidazole rings is 1. The van der Waals surface area contributed by atoms with Gasteiger partial charge >= 0.3 is 0 Å². The van der Waals surface area contributed by atoms with Gasteiger partial charge in [-0.3, -0.25) is 0 Å². The Balaban J connectivity index is 2.10. The van der Waals surface area contributed by atoms with E-state index in [0.29, 0.717) is 17.0 Å². The van der Waals surface area contributed by atoms with Gasteiger partial charge in [0.1, 0.15) is 5.82 Å². The van der Waals surface area contributed by atoms with Crippen molar-refractivity contribution in [2.75, 3.05) is 5.32 Å². The first-order chi connectivity index (χ1) is 7.58. The maximum absolute atomic E-state index is 5.93. The van der Waals surface area contributed by atoms with Gasteiger partial charge in [-0.05, 0) is 18.5 Å². The summed E-state index contributed by atoms with van der Waals surface area (Å²) in [4.78, 5) is 8.13. The van der Waals surface area contributed by atoms with Crippen LogP contribution in [0, 0.1) is 6.92 Å². The van der Waals surface area contributed by atoms with E-state index in [-0.39, 0.29) is 0 Å². The second kappa shape index (κ2) is 4.57. The van der Waals surface area contributed by atoms with Crippen LogP contribution in [0.4, 0.5) is 5.13 Å². The van der Waals surface area contributed by atoms with Crippen LogP contribution >= 0.6 is 34.7 Å². The molecule has 8 heteroatoms. The molecule has 2 heterocycles. The molecule has 0 atom stereocenters. The summed E-state index contributed by atoms with van der Waals surface area (Å²) in [5.74, 6) is 0.752. The quantitative estimate of drug-likeness (QED) is 0.937. The average Bonchev–Trinajstić information content (AvgIpc) is 2.72. The van der Waals surface area contributed by atoms with Crippen molar-refractivity contribution in [2.24, 2.45) is 7.05 Å². The summed E-state index contributed by atoms with van der Waals surface area (Å²) in [6, 6.07) is 0. The molecule has 0 aliphatic rings. The summed E-state index contributed by atoms with van der Waals surface area (Å²) < 4.78 is 5.79. The minimum Gasteiger partial charge on any atom is -0.355 e. The van der Waals surface area contributed by atoms with Crippen molar-refractivity contribution >= 4 is 39.9 Å². The summed E-state index contributed by atoms with van der Waals surface area (Å²) in [7, 11) is 1.81. The summed E-state index contributed by atoms with van der Waals surface area (Å²) in [5, 5.41) is 4.65. The van der Waals surface area contributed by atoms with Gasteiger partial charge in [-0.25, -0.2) is 9.97 Å². The SMILES string of the molecule is Cc1nsc(NCc2c(Cl)nc(Cl)n2C)n1. The van der Waals surface area contributed by atoms with Gasteiger partial charge in [0, 0.05) is 18.6 Å². The molecule has 2 aromatic heterocycles. The minimum atomic E-state index is 0.371. The third-order valence-corrected chi connectivity index (χ3v) is 3.45. The Morgan fingerprint density at radius 2 is 2.12 bits per heavy atom. The van der Waals surface area contributed by atoms with Crippen LogP contribution in [0.1, 0.15) is 11.5 Å². The molecule has 16 heavy (non-hydrogen) atoms. The highest BCUT2D eigenvalue weighted by Crippen LogP contribution is 2.21. The molecular formula is C8H9Cl2N5S. The Morgan fingerprint density at radius 3 is 2.62 bits per heavy atom. The van der Waals surface area contributed by atoms with Crippen LogP contribution in [-0.4, -0.2) is 18.9 Å². The molecule has 0 aromatic carbocycles. The largest absolute Gasteiger partial charge is 0.355 e. The molecule has 5 nitrogen and oxygen atoms in total. The maximum Gasteiger partial charge on any atom is 0.204 e. The van der Waals surface area contributed by atoms with Crippen molar-refractivity contribution in [1.29, 1.82) is 0 Å². The summed E-state index contributed by atoms with van der Waals surface area (Å²) in [5.41, 5.74) is 0.819. The fourth-order valence-corrected chi connectivity index (χ4v) is 2.26. The lowest BCUT2D eigenvalue weighted by atomic mass is 10.4.